The number of fused-ring (bicyclic) bond motifs is 1. The Kier molecular flexibility index (Phi) is 5.19. The lowest BCUT2D eigenvalue weighted by atomic mass is 9.64. The van der Waals surface area contributed by atoms with Gasteiger partial charge in [0.2, 0.25) is 11.0 Å². The Balaban J connectivity index is 1.86. The Bertz CT molecular complexity index is 861. The predicted octanol–water partition coefficient (Wildman–Crippen LogP) is 4.22. The van der Waals surface area contributed by atoms with Crippen molar-refractivity contribution in [1.29, 1.82) is 0 Å². The van der Waals surface area contributed by atoms with E-state index in [2.05, 4.69) is 29.4 Å². The fraction of sp³-hybridized carbons (Fsp3) is 0.524. The van der Waals surface area contributed by atoms with Crippen LogP contribution in [0, 0.1) is 0 Å². The molecule has 28 heavy (non-hydrogen) atoms. The Morgan fingerprint density at radius 3 is 2.75 bits per heavy atom. The first-order chi connectivity index (χ1) is 13.6. The molecule has 1 N–H and O–H groups in total. The van der Waals surface area contributed by atoms with Crippen molar-refractivity contribution in [2.75, 3.05) is 5.32 Å². The second-order valence-electron chi connectivity index (χ2n) is 7.85. The third-order valence-corrected chi connectivity index (χ3v) is 6.95. The van der Waals surface area contributed by atoms with Gasteiger partial charge in [-0.1, -0.05) is 55.7 Å². The second-order valence-corrected chi connectivity index (χ2v) is 8.68. The summed E-state index contributed by atoms with van der Waals surface area (Å²) >= 11 is 1.31. The average Bonchev–Trinajstić information content (AvgIpc) is 3.21. The molecular weight excluding hydrogens is 372 g/mol. The van der Waals surface area contributed by atoms with E-state index in [1.807, 2.05) is 29.2 Å². The minimum absolute atomic E-state index is 0.0619. The molecule has 7 heteroatoms. The molecule has 2 aromatic rings. The van der Waals surface area contributed by atoms with Gasteiger partial charge in [0.05, 0.1) is 11.5 Å². The maximum Gasteiger partial charge on any atom is 0.254 e. The highest BCUT2D eigenvalue weighted by Gasteiger charge is 2.55. The van der Waals surface area contributed by atoms with Gasteiger partial charge in [-0.25, -0.2) is 0 Å². The summed E-state index contributed by atoms with van der Waals surface area (Å²) in [4.78, 5) is 29.1. The molecule has 1 aromatic heterocycles. The molecule has 0 radical (unpaired) electrons. The van der Waals surface area contributed by atoms with Gasteiger partial charge in [0.1, 0.15) is 5.51 Å². The van der Waals surface area contributed by atoms with Crippen LogP contribution in [-0.2, 0) is 4.79 Å². The molecule has 2 atom stereocenters. The zero-order valence-corrected chi connectivity index (χ0v) is 17.2. The van der Waals surface area contributed by atoms with Crippen molar-refractivity contribution >= 4 is 28.3 Å². The van der Waals surface area contributed by atoms with Gasteiger partial charge in [0, 0.05) is 11.6 Å². The predicted molar refractivity (Wildman–Crippen MR) is 109 cm³/mol. The van der Waals surface area contributed by atoms with Gasteiger partial charge in [-0.2, -0.15) is 0 Å². The standard InChI is InChI=1S/C21H26N4O2S/c1-3-14(2)25-19(27)16-10-6-5-9-15(16)17(21(25)11-7-4-8-12-21)18(26)23-20-24-22-13-28-20/h5-6,9-10,13-14,17H,3-4,7-8,11-12H2,1-2H3,(H,23,24,26)/t14-,17+/m0/s1. The molecular formula is C21H26N4O2S. The number of benzene rings is 1. The van der Waals surface area contributed by atoms with Gasteiger partial charge in [0.25, 0.3) is 5.91 Å². The molecule has 0 unspecified atom stereocenters. The van der Waals surface area contributed by atoms with Crippen LogP contribution in [0.3, 0.4) is 0 Å². The number of carbonyl (C=O) groups excluding carboxylic acids is 2. The molecule has 6 nitrogen and oxygen atoms in total. The SMILES string of the molecule is CC[C@H](C)N1C(=O)c2ccccc2[C@H](C(=O)Nc2nncs2)C12CCCCC2. The maximum absolute atomic E-state index is 13.6. The largest absolute Gasteiger partial charge is 0.329 e. The van der Waals surface area contributed by atoms with Crippen LogP contribution in [0.25, 0.3) is 0 Å². The first-order valence-electron chi connectivity index (χ1n) is 10.1. The summed E-state index contributed by atoms with van der Waals surface area (Å²) in [5, 5.41) is 11.3. The first-order valence-corrected chi connectivity index (χ1v) is 11.0. The molecule has 1 aliphatic heterocycles. The van der Waals surface area contributed by atoms with E-state index in [-0.39, 0.29) is 17.9 Å². The Morgan fingerprint density at radius 1 is 1.32 bits per heavy atom. The van der Waals surface area contributed by atoms with Crippen LogP contribution in [0.2, 0.25) is 0 Å². The summed E-state index contributed by atoms with van der Waals surface area (Å²) in [5.41, 5.74) is 2.62. The number of aromatic nitrogens is 2. The average molecular weight is 399 g/mol. The Hall–Kier alpha value is -2.28. The molecule has 1 aromatic carbocycles. The van der Waals surface area contributed by atoms with Gasteiger partial charge in [0.15, 0.2) is 0 Å². The molecule has 2 aliphatic rings. The molecule has 1 saturated carbocycles. The highest BCUT2D eigenvalue weighted by atomic mass is 32.1. The number of amides is 2. The summed E-state index contributed by atoms with van der Waals surface area (Å²) in [6.45, 7) is 4.20. The molecule has 148 valence electrons. The van der Waals surface area contributed by atoms with Gasteiger partial charge in [-0.15, -0.1) is 10.2 Å². The monoisotopic (exact) mass is 398 g/mol. The van der Waals surface area contributed by atoms with E-state index in [0.29, 0.717) is 10.7 Å². The van der Waals surface area contributed by atoms with Crippen molar-refractivity contribution in [2.24, 2.45) is 0 Å². The second kappa shape index (κ2) is 7.62. The molecule has 0 bridgehead atoms. The molecule has 4 rings (SSSR count). The van der Waals surface area contributed by atoms with Gasteiger partial charge < -0.3 is 4.90 Å². The van der Waals surface area contributed by atoms with Crippen molar-refractivity contribution in [3.63, 3.8) is 0 Å². The number of carbonyl (C=O) groups is 2. The zero-order valence-electron chi connectivity index (χ0n) is 16.4. The third kappa shape index (κ3) is 3.02. The van der Waals surface area contributed by atoms with E-state index in [4.69, 9.17) is 0 Å². The molecule has 2 amide bonds. The summed E-state index contributed by atoms with van der Waals surface area (Å²) in [6, 6.07) is 7.68. The van der Waals surface area contributed by atoms with Crippen LogP contribution in [0.4, 0.5) is 5.13 Å². The quantitative estimate of drug-likeness (QED) is 0.837. The van der Waals surface area contributed by atoms with Crippen molar-refractivity contribution in [2.45, 2.75) is 69.9 Å². The Morgan fingerprint density at radius 2 is 2.07 bits per heavy atom. The summed E-state index contributed by atoms with van der Waals surface area (Å²) in [6.07, 6.45) is 5.78. The fourth-order valence-electron chi connectivity index (χ4n) is 5.01. The molecule has 2 heterocycles. The Labute approximate surface area is 169 Å². The molecule has 1 spiro atoms. The van der Waals surface area contributed by atoms with Crippen molar-refractivity contribution in [3.8, 4) is 0 Å². The number of anilines is 1. The van der Waals surface area contributed by atoms with Crippen LogP contribution >= 0.6 is 11.3 Å². The van der Waals surface area contributed by atoms with E-state index >= 15 is 0 Å². The normalized spacial score (nSPS) is 22.0. The van der Waals surface area contributed by atoms with E-state index in [9.17, 15) is 9.59 Å². The molecule has 1 fully saturated rings. The molecule has 0 saturated heterocycles. The lowest BCUT2D eigenvalue weighted by Gasteiger charge is -2.55. The highest BCUT2D eigenvalue weighted by molar-refractivity contribution is 7.13. The third-order valence-electron chi connectivity index (χ3n) is 6.34. The molecule has 1 aliphatic carbocycles. The van der Waals surface area contributed by atoms with Crippen LogP contribution in [0.5, 0.6) is 0 Å². The topological polar surface area (TPSA) is 75.2 Å². The minimum atomic E-state index is -0.478. The van der Waals surface area contributed by atoms with Gasteiger partial charge in [-0.3, -0.25) is 14.9 Å². The number of nitrogens with zero attached hydrogens (tertiary/aromatic N) is 3. The number of nitrogens with one attached hydrogen (secondary N) is 1. The smallest absolute Gasteiger partial charge is 0.254 e. The number of rotatable bonds is 4. The van der Waals surface area contributed by atoms with Crippen molar-refractivity contribution in [1.82, 2.24) is 15.1 Å². The number of hydrogen-bond donors (Lipinski definition) is 1. The lowest BCUT2D eigenvalue weighted by molar-refractivity contribution is -0.122. The minimum Gasteiger partial charge on any atom is -0.329 e. The number of hydrogen-bond acceptors (Lipinski definition) is 5. The van der Waals surface area contributed by atoms with Crippen LogP contribution in [-0.4, -0.2) is 38.5 Å². The van der Waals surface area contributed by atoms with Gasteiger partial charge >= 0.3 is 0 Å². The van der Waals surface area contributed by atoms with Crippen molar-refractivity contribution < 1.29 is 9.59 Å². The lowest BCUT2D eigenvalue weighted by Crippen LogP contribution is -2.64. The highest BCUT2D eigenvalue weighted by Crippen LogP contribution is 2.50. The van der Waals surface area contributed by atoms with E-state index < -0.39 is 11.5 Å². The summed E-state index contributed by atoms with van der Waals surface area (Å²) in [7, 11) is 0. The summed E-state index contributed by atoms with van der Waals surface area (Å²) in [5.74, 6) is -0.432. The van der Waals surface area contributed by atoms with E-state index in [1.54, 1.807) is 5.51 Å². The fourth-order valence-corrected chi connectivity index (χ4v) is 5.46. The first kappa shape index (κ1) is 19.1. The maximum atomic E-state index is 13.6. The van der Waals surface area contributed by atoms with Crippen LogP contribution in [0.1, 0.15) is 74.2 Å². The van der Waals surface area contributed by atoms with Gasteiger partial charge in [-0.05, 0) is 37.8 Å². The summed E-state index contributed by atoms with van der Waals surface area (Å²) < 4.78 is 0. The zero-order chi connectivity index (χ0) is 19.7. The van der Waals surface area contributed by atoms with Crippen molar-refractivity contribution in [3.05, 3.63) is 40.9 Å². The van der Waals surface area contributed by atoms with E-state index in [0.717, 1.165) is 44.1 Å². The van der Waals surface area contributed by atoms with E-state index in [1.165, 1.54) is 11.3 Å². The van der Waals surface area contributed by atoms with Crippen LogP contribution < -0.4 is 5.32 Å². The van der Waals surface area contributed by atoms with Crippen LogP contribution in [0.15, 0.2) is 29.8 Å².